The Hall–Kier alpha value is -6.94. The second kappa shape index (κ2) is 15.7. The van der Waals surface area contributed by atoms with Gasteiger partial charge >= 0.3 is 0 Å². The molecule has 64 heavy (non-hydrogen) atoms. The summed E-state index contributed by atoms with van der Waals surface area (Å²) in [5, 5.41) is 10.2. The predicted molar refractivity (Wildman–Crippen MR) is 280 cm³/mol. The highest BCUT2D eigenvalue weighted by atomic mass is 32.1. The van der Waals surface area contributed by atoms with Crippen LogP contribution in [0.2, 0.25) is 0 Å². The Labute approximate surface area is 381 Å². The number of hydrogen-bond donors (Lipinski definition) is 0. The summed E-state index contributed by atoms with van der Waals surface area (Å²) < 4.78 is 2.60. The van der Waals surface area contributed by atoms with Gasteiger partial charge in [0.15, 0.2) is 0 Å². The monoisotopic (exact) mass is 844 g/mol. The van der Waals surface area contributed by atoms with Crippen molar-refractivity contribution in [3.63, 3.8) is 0 Å². The van der Waals surface area contributed by atoms with Crippen molar-refractivity contribution in [2.75, 3.05) is 9.80 Å². The lowest BCUT2D eigenvalue weighted by molar-refractivity contribution is 0.735. The van der Waals surface area contributed by atoms with Crippen LogP contribution in [0.4, 0.5) is 34.1 Å². The highest BCUT2D eigenvalue weighted by Crippen LogP contribution is 2.51. The van der Waals surface area contributed by atoms with Crippen molar-refractivity contribution in [2.45, 2.75) is 60.8 Å². The normalized spacial score (nSPS) is 12.3. The molecule has 0 radical (unpaired) electrons. The van der Waals surface area contributed by atoms with Crippen LogP contribution in [0.15, 0.2) is 170 Å². The van der Waals surface area contributed by atoms with E-state index in [1.807, 2.05) is 11.3 Å². The summed E-state index contributed by atoms with van der Waals surface area (Å²) in [7, 11) is 0. The van der Waals surface area contributed by atoms with Gasteiger partial charge in [-0.2, -0.15) is 0 Å². The summed E-state index contributed by atoms with van der Waals surface area (Å²) in [5.41, 5.74) is 17.5. The molecule has 0 aliphatic rings. The van der Waals surface area contributed by atoms with Gasteiger partial charge in [-0.15, -0.1) is 11.3 Å². The molecule has 0 aliphatic heterocycles. The van der Waals surface area contributed by atoms with Crippen LogP contribution in [-0.2, 0) is 0 Å². The first-order valence-corrected chi connectivity index (χ1v) is 23.6. The zero-order chi connectivity index (χ0) is 43.8. The molecule has 312 valence electrons. The Kier molecular flexibility index (Phi) is 9.78. The third kappa shape index (κ3) is 6.36. The van der Waals surface area contributed by atoms with Gasteiger partial charge in [-0.1, -0.05) is 129 Å². The average molecular weight is 845 g/mol. The molecule has 10 aromatic carbocycles. The van der Waals surface area contributed by atoms with E-state index in [1.165, 1.54) is 125 Å². The van der Waals surface area contributed by atoms with Gasteiger partial charge in [0.2, 0.25) is 0 Å². The van der Waals surface area contributed by atoms with E-state index in [-0.39, 0.29) is 0 Å². The van der Waals surface area contributed by atoms with Gasteiger partial charge in [-0.3, -0.25) is 0 Å². The molecule has 3 heteroatoms. The summed E-state index contributed by atoms with van der Waals surface area (Å²) in [6.45, 7) is 15.8. The predicted octanol–water partition coefficient (Wildman–Crippen LogP) is 18.6. The van der Waals surface area contributed by atoms with Crippen LogP contribution in [0.3, 0.4) is 0 Å². The molecule has 11 aromatic rings. The largest absolute Gasteiger partial charge is 0.310 e. The van der Waals surface area contributed by atoms with Gasteiger partial charge < -0.3 is 9.80 Å². The SMILES string of the molecule is CCC(C)c1c(-c2ccccc2C)cccc1N(c1ccc(C)c(C)c1)c1ccc2ccc3c(N(c4ccc(C)c(C)c4)c4cccc5c4sc4ccccc45)ccc4ccc1c2c43. The summed E-state index contributed by atoms with van der Waals surface area (Å²) >= 11 is 1.89. The molecule has 1 atom stereocenters. The Morgan fingerprint density at radius 1 is 0.422 bits per heavy atom. The maximum atomic E-state index is 2.56. The van der Waals surface area contributed by atoms with Gasteiger partial charge in [0.1, 0.15) is 0 Å². The van der Waals surface area contributed by atoms with Gasteiger partial charge in [0.25, 0.3) is 0 Å². The van der Waals surface area contributed by atoms with Crippen LogP contribution in [0.1, 0.15) is 59.6 Å². The number of hydrogen-bond acceptors (Lipinski definition) is 3. The van der Waals surface area contributed by atoms with E-state index in [1.54, 1.807) is 0 Å². The topological polar surface area (TPSA) is 6.48 Å². The second-order valence-electron chi connectivity index (χ2n) is 17.9. The van der Waals surface area contributed by atoms with Crippen molar-refractivity contribution in [2.24, 2.45) is 0 Å². The minimum atomic E-state index is 0.323. The molecule has 0 fully saturated rings. The smallest absolute Gasteiger partial charge is 0.0640 e. The molecule has 1 unspecified atom stereocenters. The average Bonchev–Trinajstić information content (AvgIpc) is 3.71. The summed E-state index contributed by atoms with van der Waals surface area (Å²) in [6, 6.07) is 64.2. The third-order valence-electron chi connectivity index (χ3n) is 14.1. The molecule has 1 aromatic heterocycles. The van der Waals surface area contributed by atoms with Crippen LogP contribution < -0.4 is 9.80 Å². The summed E-state index contributed by atoms with van der Waals surface area (Å²) in [6.07, 6.45) is 1.03. The fraction of sp³-hybridized carbons (Fsp3) is 0.148. The fourth-order valence-electron chi connectivity index (χ4n) is 10.2. The Morgan fingerprint density at radius 2 is 0.953 bits per heavy atom. The van der Waals surface area contributed by atoms with Gasteiger partial charge in [-0.25, -0.2) is 0 Å². The maximum Gasteiger partial charge on any atom is 0.0640 e. The van der Waals surface area contributed by atoms with Gasteiger partial charge in [-0.05, 0) is 168 Å². The van der Waals surface area contributed by atoms with Crippen LogP contribution >= 0.6 is 11.3 Å². The molecular formula is C61H52N2S. The van der Waals surface area contributed by atoms with E-state index in [4.69, 9.17) is 0 Å². The molecule has 0 spiro atoms. The first kappa shape index (κ1) is 39.9. The second-order valence-corrected chi connectivity index (χ2v) is 19.0. The summed E-state index contributed by atoms with van der Waals surface area (Å²) in [4.78, 5) is 5.08. The lowest BCUT2D eigenvalue weighted by Crippen LogP contribution is -2.15. The molecule has 2 nitrogen and oxygen atoms in total. The molecule has 0 bridgehead atoms. The minimum Gasteiger partial charge on any atom is -0.310 e. The quantitative estimate of drug-likeness (QED) is 0.134. The molecule has 11 rings (SSSR count). The molecule has 0 saturated carbocycles. The van der Waals surface area contributed by atoms with Crippen molar-refractivity contribution in [1.82, 2.24) is 0 Å². The molecule has 0 saturated heterocycles. The van der Waals surface area contributed by atoms with E-state index in [2.05, 4.69) is 228 Å². The van der Waals surface area contributed by atoms with E-state index < -0.39 is 0 Å². The fourth-order valence-corrected chi connectivity index (χ4v) is 11.4. The van der Waals surface area contributed by atoms with E-state index in [0.29, 0.717) is 5.92 Å². The summed E-state index contributed by atoms with van der Waals surface area (Å²) in [5.74, 6) is 0.323. The van der Waals surface area contributed by atoms with Crippen molar-refractivity contribution < 1.29 is 0 Å². The standard InChI is InChI=1S/C61H52N2S/c1-8-37(2)58-49(47-16-10-9-15-40(47)5)18-13-20-55(58)62(45-29-23-38(3)41(6)35-45)53-33-27-43-26-32-52-54(34-28-44-25-31-51(53)59(43)60(44)52)63(46-30-24-39(4)42(7)36-46)56-21-14-19-50-48-17-11-12-22-57(48)64-61(50)56/h9-37H,8H2,1-7H3. The number of anilines is 6. The third-order valence-corrected chi connectivity index (χ3v) is 15.3. The first-order valence-electron chi connectivity index (χ1n) is 22.7. The van der Waals surface area contributed by atoms with Crippen molar-refractivity contribution in [1.29, 1.82) is 0 Å². The molecule has 0 amide bonds. The Balaban J connectivity index is 1.20. The number of rotatable bonds is 9. The van der Waals surface area contributed by atoms with Gasteiger partial charge in [0, 0.05) is 37.6 Å². The highest BCUT2D eigenvalue weighted by Gasteiger charge is 2.27. The van der Waals surface area contributed by atoms with E-state index >= 15 is 0 Å². The maximum absolute atomic E-state index is 2.56. The van der Waals surface area contributed by atoms with Crippen LogP contribution in [-0.4, -0.2) is 0 Å². The number of aryl methyl sites for hydroxylation is 5. The Morgan fingerprint density at radius 3 is 1.58 bits per heavy atom. The van der Waals surface area contributed by atoms with E-state index in [0.717, 1.165) is 12.1 Å². The van der Waals surface area contributed by atoms with Gasteiger partial charge in [0.05, 0.1) is 27.4 Å². The number of thiophene rings is 1. The van der Waals surface area contributed by atoms with Crippen molar-refractivity contribution >= 4 is 98.0 Å². The lowest BCUT2D eigenvalue weighted by Gasteiger charge is -2.33. The Bertz CT molecular complexity index is 3590. The molecular weight excluding hydrogens is 793 g/mol. The van der Waals surface area contributed by atoms with Crippen molar-refractivity contribution in [3.8, 4) is 11.1 Å². The number of nitrogens with zero attached hydrogens (tertiary/aromatic N) is 2. The highest BCUT2D eigenvalue weighted by molar-refractivity contribution is 7.26. The number of benzene rings is 10. The lowest BCUT2D eigenvalue weighted by atomic mass is 9.86. The number of fused-ring (bicyclic) bond motifs is 3. The molecule has 1 heterocycles. The van der Waals surface area contributed by atoms with E-state index in [9.17, 15) is 0 Å². The van der Waals surface area contributed by atoms with Crippen LogP contribution in [0.25, 0.3) is 63.6 Å². The van der Waals surface area contributed by atoms with Crippen LogP contribution in [0, 0.1) is 34.6 Å². The zero-order valence-electron chi connectivity index (χ0n) is 37.8. The molecule has 0 N–H and O–H groups in total. The molecule has 0 aliphatic carbocycles. The van der Waals surface area contributed by atoms with Crippen molar-refractivity contribution in [3.05, 3.63) is 203 Å². The van der Waals surface area contributed by atoms with Crippen LogP contribution in [0.5, 0.6) is 0 Å². The minimum absolute atomic E-state index is 0.323. The first-order chi connectivity index (χ1) is 31.2. The zero-order valence-corrected chi connectivity index (χ0v) is 38.6.